The van der Waals surface area contributed by atoms with Crippen LogP contribution < -0.4 is 5.32 Å². The van der Waals surface area contributed by atoms with Gasteiger partial charge in [-0.05, 0) is 24.3 Å². The minimum Gasteiger partial charge on any atom is -0.322 e. The first-order chi connectivity index (χ1) is 9.99. The van der Waals surface area contributed by atoms with Crippen LogP contribution in [-0.2, 0) is 0 Å². The van der Waals surface area contributed by atoms with Crippen molar-refractivity contribution in [2.75, 3.05) is 5.32 Å². The molecule has 21 heavy (non-hydrogen) atoms. The number of hydrogen-bond acceptors (Lipinski definition) is 4. The standard InChI is InChI=1S/C14H8ClN3O3/c15-11-5-10(6-13(7-11)18(20)21)14(19)17-12-3-1-2-9(4-12)8-16/h1-7H,(H,17,19). The summed E-state index contributed by atoms with van der Waals surface area (Å²) in [5.41, 5.74) is 0.613. The van der Waals surface area contributed by atoms with E-state index in [1.54, 1.807) is 18.2 Å². The maximum atomic E-state index is 12.1. The number of carbonyl (C=O) groups is 1. The van der Waals surface area contributed by atoms with Gasteiger partial charge in [-0.25, -0.2) is 0 Å². The number of nitrogens with one attached hydrogen (secondary N) is 1. The lowest BCUT2D eigenvalue weighted by atomic mass is 10.1. The molecule has 0 aliphatic rings. The van der Waals surface area contributed by atoms with Crippen molar-refractivity contribution in [3.8, 4) is 6.07 Å². The Morgan fingerprint density at radius 3 is 2.71 bits per heavy atom. The second kappa shape index (κ2) is 6.03. The Kier molecular flexibility index (Phi) is 4.16. The minimum atomic E-state index is -0.626. The van der Waals surface area contributed by atoms with Crippen molar-refractivity contribution in [1.82, 2.24) is 0 Å². The molecule has 0 aliphatic carbocycles. The molecule has 0 atom stereocenters. The van der Waals surface area contributed by atoms with Crippen LogP contribution in [0.15, 0.2) is 42.5 Å². The lowest BCUT2D eigenvalue weighted by Gasteiger charge is -2.06. The Bertz CT molecular complexity index is 768. The molecular weight excluding hydrogens is 294 g/mol. The molecule has 104 valence electrons. The van der Waals surface area contributed by atoms with E-state index >= 15 is 0 Å². The van der Waals surface area contributed by atoms with Crippen LogP contribution in [0.5, 0.6) is 0 Å². The van der Waals surface area contributed by atoms with Crippen LogP contribution in [0, 0.1) is 21.4 Å². The van der Waals surface area contributed by atoms with Gasteiger partial charge in [0.2, 0.25) is 0 Å². The molecule has 6 nitrogen and oxygen atoms in total. The van der Waals surface area contributed by atoms with Gasteiger partial charge < -0.3 is 5.32 Å². The predicted molar refractivity (Wildman–Crippen MR) is 77.2 cm³/mol. The molecule has 0 saturated heterocycles. The fourth-order valence-electron chi connectivity index (χ4n) is 1.68. The summed E-state index contributed by atoms with van der Waals surface area (Å²) in [4.78, 5) is 22.2. The molecule has 0 unspecified atom stereocenters. The van der Waals surface area contributed by atoms with E-state index in [2.05, 4.69) is 5.32 Å². The van der Waals surface area contributed by atoms with Crippen LogP contribution in [0.1, 0.15) is 15.9 Å². The Morgan fingerprint density at radius 1 is 1.29 bits per heavy atom. The van der Waals surface area contributed by atoms with Gasteiger partial charge in [0.05, 0.1) is 16.6 Å². The van der Waals surface area contributed by atoms with Crippen molar-refractivity contribution in [3.05, 3.63) is 68.7 Å². The zero-order valence-corrected chi connectivity index (χ0v) is 11.3. The lowest BCUT2D eigenvalue weighted by Crippen LogP contribution is -2.12. The van der Waals surface area contributed by atoms with E-state index in [-0.39, 0.29) is 16.3 Å². The maximum Gasteiger partial charge on any atom is 0.271 e. The highest BCUT2D eigenvalue weighted by molar-refractivity contribution is 6.31. The largest absolute Gasteiger partial charge is 0.322 e. The second-order valence-electron chi connectivity index (χ2n) is 4.10. The highest BCUT2D eigenvalue weighted by Crippen LogP contribution is 2.22. The fourth-order valence-corrected chi connectivity index (χ4v) is 1.91. The molecule has 2 aromatic rings. The number of carbonyl (C=O) groups excluding carboxylic acids is 1. The lowest BCUT2D eigenvalue weighted by molar-refractivity contribution is -0.384. The van der Waals surface area contributed by atoms with E-state index in [1.165, 1.54) is 12.1 Å². The van der Waals surface area contributed by atoms with Gasteiger partial charge in [-0.3, -0.25) is 14.9 Å². The van der Waals surface area contributed by atoms with Gasteiger partial charge in [-0.1, -0.05) is 17.7 Å². The SMILES string of the molecule is N#Cc1cccc(NC(=O)c2cc(Cl)cc([N+](=O)[O-])c2)c1. The number of nitro benzene ring substituents is 1. The Morgan fingerprint density at radius 2 is 2.05 bits per heavy atom. The van der Waals surface area contributed by atoms with Crippen molar-refractivity contribution in [2.24, 2.45) is 0 Å². The van der Waals surface area contributed by atoms with E-state index in [9.17, 15) is 14.9 Å². The first-order valence-corrected chi connectivity index (χ1v) is 6.14. The van der Waals surface area contributed by atoms with Crippen LogP contribution in [-0.4, -0.2) is 10.8 Å². The summed E-state index contributed by atoms with van der Waals surface area (Å²) in [5.74, 6) is -0.546. The summed E-state index contributed by atoms with van der Waals surface area (Å²) < 4.78 is 0. The summed E-state index contributed by atoms with van der Waals surface area (Å²) in [5, 5.41) is 22.2. The molecule has 0 spiro atoms. The van der Waals surface area contributed by atoms with Crippen molar-refractivity contribution in [3.63, 3.8) is 0 Å². The van der Waals surface area contributed by atoms with Crippen LogP contribution in [0.25, 0.3) is 0 Å². The van der Waals surface area contributed by atoms with Crippen molar-refractivity contribution in [2.45, 2.75) is 0 Å². The normalized spacial score (nSPS) is 9.71. The average molecular weight is 302 g/mol. The molecule has 2 rings (SSSR count). The number of anilines is 1. The highest BCUT2D eigenvalue weighted by atomic mass is 35.5. The highest BCUT2D eigenvalue weighted by Gasteiger charge is 2.14. The summed E-state index contributed by atoms with van der Waals surface area (Å²) in [7, 11) is 0. The number of nitrogens with zero attached hydrogens (tertiary/aromatic N) is 2. The maximum absolute atomic E-state index is 12.1. The zero-order chi connectivity index (χ0) is 15.4. The van der Waals surface area contributed by atoms with E-state index < -0.39 is 10.8 Å². The molecule has 0 aliphatic heterocycles. The fraction of sp³-hybridized carbons (Fsp3) is 0. The Balaban J connectivity index is 2.28. The number of nitro groups is 1. The zero-order valence-electron chi connectivity index (χ0n) is 10.5. The first kappa shape index (κ1) is 14.5. The smallest absolute Gasteiger partial charge is 0.271 e. The monoisotopic (exact) mass is 301 g/mol. The summed E-state index contributed by atoms with van der Waals surface area (Å²) in [6.07, 6.45) is 0. The number of rotatable bonds is 3. The average Bonchev–Trinajstić information content (AvgIpc) is 2.46. The molecule has 0 radical (unpaired) electrons. The van der Waals surface area contributed by atoms with Gasteiger partial charge in [0.1, 0.15) is 0 Å². The van der Waals surface area contributed by atoms with Crippen molar-refractivity contribution >= 4 is 28.9 Å². The van der Waals surface area contributed by atoms with Gasteiger partial charge in [-0.15, -0.1) is 0 Å². The molecule has 0 bridgehead atoms. The van der Waals surface area contributed by atoms with Crippen molar-refractivity contribution < 1.29 is 9.72 Å². The molecule has 0 aromatic heterocycles. The molecule has 1 amide bonds. The number of non-ortho nitro benzene ring substituents is 1. The third kappa shape index (κ3) is 3.55. The Hall–Kier alpha value is -2.91. The number of halogens is 1. The summed E-state index contributed by atoms with van der Waals surface area (Å²) in [6.45, 7) is 0. The number of hydrogen-bond donors (Lipinski definition) is 1. The molecule has 0 fully saturated rings. The van der Waals surface area contributed by atoms with Crippen LogP contribution in [0.4, 0.5) is 11.4 Å². The van der Waals surface area contributed by atoms with E-state index in [1.807, 2.05) is 6.07 Å². The molecular formula is C14H8ClN3O3. The second-order valence-corrected chi connectivity index (χ2v) is 4.54. The van der Waals surface area contributed by atoms with Crippen LogP contribution >= 0.6 is 11.6 Å². The summed E-state index contributed by atoms with van der Waals surface area (Å²) >= 11 is 5.76. The quantitative estimate of drug-likeness (QED) is 0.694. The van der Waals surface area contributed by atoms with Crippen LogP contribution in [0.3, 0.4) is 0 Å². The van der Waals surface area contributed by atoms with E-state index in [0.717, 1.165) is 12.1 Å². The molecule has 0 heterocycles. The predicted octanol–water partition coefficient (Wildman–Crippen LogP) is 3.37. The summed E-state index contributed by atoms with van der Waals surface area (Å²) in [6, 6.07) is 11.9. The number of benzene rings is 2. The van der Waals surface area contributed by atoms with Crippen LogP contribution in [0.2, 0.25) is 5.02 Å². The van der Waals surface area contributed by atoms with E-state index in [4.69, 9.17) is 16.9 Å². The third-order valence-corrected chi connectivity index (χ3v) is 2.82. The van der Waals surface area contributed by atoms with Gasteiger partial charge in [0, 0.05) is 28.4 Å². The Labute approximate surface area is 124 Å². The third-order valence-electron chi connectivity index (χ3n) is 2.61. The van der Waals surface area contributed by atoms with Gasteiger partial charge >= 0.3 is 0 Å². The topological polar surface area (TPSA) is 96.0 Å². The first-order valence-electron chi connectivity index (χ1n) is 5.76. The number of amides is 1. The van der Waals surface area contributed by atoms with Gasteiger partial charge in [-0.2, -0.15) is 5.26 Å². The van der Waals surface area contributed by atoms with Gasteiger partial charge in [0.15, 0.2) is 0 Å². The number of nitriles is 1. The van der Waals surface area contributed by atoms with Crippen molar-refractivity contribution in [1.29, 1.82) is 5.26 Å². The minimum absolute atomic E-state index is 0.0663. The molecule has 1 N–H and O–H groups in total. The molecule has 2 aromatic carbocycles. The van der Waals surface area contributed by atoms with E-state index in [0.29, 0.717) is 11.3 Å². The molecule has 0 saturated carbocycles. The van der Waals surface area contributed by atoms with Gasteiger partial charge in [0.25, 0.3) is 11.6 Å². The molecule has 7 heteroatoms.